The lowest BCUT2D eigenvalue weighted by atomic mass is 10.1. The van der Waals surface area contributed by atoms with Crippen LogP contribution in [0.2, 0.25) is 0 Å². The molecule has 0 bridgehead atoms. The Bertz CT molecular complexity index is 897. The van der Waals surface area contributed by atoms with Crippen LogP contribution in [0.1, 0.15) is 18.9 Å². The van der Waals surface area contributed by atoms with Crippen LogP contribution in [0.15, 0.2) is 27.4 Å². The van der Waals surface area contributed by atoms with Crippen molar-refractivity contribution in [3.8, 4) is 5.75 Å². The van der Waals surface area contributed by atoms with Gasteiger partial charge in [-0.05, 0) is 35.9 Å². The second kappa shape index (κ2) is 9.49. The van der Waals surface area contributed by atoms with Gasteiger partial charge in [-0.3, -0.25) is 4.79 Å². The summed E-state index contributed by atoms with van der Waals surface area (Å²) in [5, 5.41) is 11.1. The molecule has 0 radical (unpaired) electrons. The van der Waals surface area contributed by atoms with E-state index >= 15 is 0 Å². The molecule has 1 heterocycles. The van der Waals surface area contributed by atoms with E-state index in [-0.39, 0.29) is 17.2 Å². The van der Waals surface area contributed by atoms with Gasteiger partial charge in [-0.25, -0.2) is 12.7 Å². The Morgan fingerprint density at radius 2 is 2.07 bits per heavy atom. The van der Waals surface area contributed by atoms with E-state index in [9.17, 15) is 13.2 Å². The Morgan fingerprint density at radius 1 is 1.33 bits per heavy atom. The standard InChI is InChI=1S/C16H22N4O4S3/c1-5-25-16-19-18-15(26-16)17-14(21)9-6-11-10-12(7-8-13(11)24-4)27(22,23)20(2)3/h7-8,10H,5-6,9H2,1-4H3,(H,17,18,21). The Hall–Kier alpha value is -1.69. The largest absolute Gasteiger partial charge is 0.496 e. The quantitative estimate of drug-likeness (QED) is 0.482. The zero-order chi connectivity index (χ0) is 20.0. The molecular weight excluding hydrogens is 408 g/mol. The van der Waals surface area contributed by atoms with Crippen molar-refractivity contribution in [2.24, 2.45) is 0 Å². The number of benzene rings is 1. The van der Waals surface area contributed by atoms with Gasteiger partial charge in [0.25, 0.3) is 0 Å². The lowest BCUT2D eigenvalue weighted by molar-refractivity contribution is -0.116. The van der Waals surface area contributed by atoms with Crippen molar-refractivity contribution in [3.63, 3.8) is 0 Å². The van der Waals surface area contributed by atoms with Gasteiger partial charge in [0.1, 0.15) is 5.75 Å². The van der Waals surface area contributed by atoms with Crippen LogP contribution in [0.3, 0.4) is 0 Å². The van der Waals surface area contributed by atoms with E-state index in [0.29, 0.717) is 22.9 Å². The van der Waals surface area contributed by atoms with E-state index in [2.05, 4.69) is 15.5 Å². The molecule has 0 saturated carbocycles. The number of thioether (sulfide) groups is 1. The minimum Gasteiger partial charge on any atom is -0.496 e. The zero-order valence-electron chi connectivity index (χ0n) is 15.6. The molecule has 1 amide bonds. The highest BCUT2D eigenvalue weighted by atomic mass is 32.2. The van der Waals surface area contributed by atoms with E-state index < -0.39 is 10.0 Å². The highest BCUT2D eigenvalue weighted by molar-refractivity contribution is 8.01. The normalized spacial score (nSPS) is 11.6. The molecule has 0 aliphatic heterocycles. The molecule has 2 aromatic rings. The number of methoxy groups -OCH3 is 1. The number of carbonyl (C=O) groups is 1. The first-order chi connectivity index (χ1) is 12.8. The van der Waals surface area contributed by atoms with E-state index in [1.807, 2.05) is 6.92 Å². The Kier molecular flexibility index (Phi) is 7.59. The number of nitrogens with zero attached hydrogens (tertiary/aromatic N) is 3. The van der Waals surface area contributed by atoms with Crippen LogP contribution in [-0.4, -0.2) is 55.8 Å². The molecule has 0 atom stereocenters. The highest BCUT2D eigenvalue weighted by Crippen LogP contribution is 2.27. The maximum Gasteiger partial charge on any atom is 0.242 e. The summed E-state index contributed by atoms with van der Waals surface area (Å²) in [6, 6.07) is 4.64. The second-order valence-electron chi connectivity index (χ2n) is 5.62. The molecule has 1 aromatic carbocycles. The van der Waals surface area contributed by atoms with Crippen molar-refractivity contribution in [3.05, 3.63) is 23.8 Å². The van der Waals surface area contributed by atoms with Crippen molar-refractivity contribution in [1.82, 2.24) is 14.5 Å². The summed E-state index contributed by atoms with van der Waals surface area (Å²) in [5.74, 6) is 1.20. The van der Waals surface area contributed by atoms with Gasteiger partial charge in [0, 0.05) is 20.5 Å². The van der Waals surface area contributed by atoms with Crippen LogP contribution in [0.25, 0.3) is 0 Å². The second-order valence-corrected chi connectivity index (χ2v) is 10.3. The fourth-order valence-corrected chi connectivity index (χ4v) is 4.81. The van der Waals surface area contributed by atoms with E-state index in [0.717, 1.165) is 14.4 Å². The topological polar surface area (TPSA) is 101 Å². The first-order valence-electron chi connectivity index (χ1n) is 8.13. The predicted molar refractivity (Wildman–Crippen MR) is 107 cm³/mol. The Morgan fingerprint density at radius 3 is 2.70 bits per heavy atom. The van der Waals surface area contributed by atoms with Gasteiger partial charge in [0.2, 0.25) is 21.1 Å². The van der Waals surface area contributed by atoms with Gasteiger partial charge in [-0.2, -0.15) is 0 Å². The van der Waals surface area contributed by atoms with Crippen LogP contribution >= 0.6 is 23.1 Å². The molecule has 1 N–H and O–H groups in total. The first kappa shape index (κ1) is 21.6. The number of sulfonamides is 1. The molecule has 27 heavy (non-hydrogen) atoms. The molecular formula is C16H22N4O4S3. The van der Waals surface area contributed by atoms with Crippen molar-refractivity contribution in [2.45, 2.75) is 29.0 Å². The molecule has 148 valence electrons. The molecule has 2 rings (SSSR count). The Labute approximate surface area is 167 Å². The number of hydrogen-bond acceptors (Lipinski definition) is 8. The van der Waals surface area contributed by atoms with Crippen molar-refractivity contribution in [1.29, 1.82) is 0 Å². The number of carbonyl (C=O) groups excluding carboxylic acids is 1. The minimum absolute atomic E-state index is 0.161. The van der Waals surface area contributed by atoms with Gasteiger partial charge >= 0.3 is 0 Å². The smallest absolute Gasteiger partial charge is 0.242 e. The third-order valence-electron chi connectivity index (χ3n) is 3.57. The third kappa shape index (κ3) is 5.64. The van der Waals surface area contributed by atoms with E-state index in [1.165, 1.54) is 38.6 Å². The lowest BCUT2D eigenvalue weighted by Gasteiger charge is -2.14. The van der Waals surface area contributed by atoms with Crippen LogP contribution in [0.5, 0.6) is 5.75 Å². The predicted octanol–water partition coefficient (Wildman–Crippen LogP) is 2.48. The van der Waals surface area contributed by atoms with Crippen LogP contribution in [-0.2, 0) is 21.2 Å². The van der Waals surface area contributed by atoms with Gasteiger partial charge in [0.15, 0.2) is 4.34 Å². The summed E-state index contributed by atoms with van der Waals surface area (Å²) >= 11 is 2.88. The van der Waals surface area contributed by atoms with Crippen molar-refractivity contribution < 1.29 is 17.9 Å². The molecule has 0 aliphatic rings. The van der Waals surface area contributed by atoms with Gasteiger partial charge < -0.3 is 10.1 Å². The van der Waals surface area contributed by atoms with Gasteiger partial charge in [-0.1, -0.05) is 30.0 Å². The van der Waals surface area contributed by atoms with Crippen LogP contribution in [0.4, 0.5) is 5.13 Å². The summed E-state index contributed by atoms with van der Waals surface area (Å²) in [6.45, 7) is 2.02. The number of ether oxygens (including phenoxy) is 1. The monoisotopic (exact) mass is 430 g/mol. The molecule has 0 aliphatic carbocycles. The maximum absolute atomic E-state index is 12.3. The molecule has 11 heteroatoms. The first-order valence-corrected chi connectivity index (χ1v) is 11.4. The van der Waals surface area contributed by atoms with Crippen molar-refractivity contribution in [2.75, 3.05) is 32.3 Å². The SMILES string of the molecule is CCSc1nnc(NC(=O)CCc2cc(S(=O)(=O)N(C)C)ccc2OC)s1. The Balaban J connectivity index is 2.08. The molecule has 0 unspecified atom stereocenters. The number of aryl methyl sites for hydroxylation is 1. The molecule has 0 saturated heterocycles. The fraction of sp³-hybridized carbons (Fsp3) is 0.438. The molecule has 1 aromatic heterocycles. The summed E-state index contributed by atoms with van der Waals surface area (Å²) < 4.78 is 31.9. The molecule has 8 nitrogen and oxygen atoms in total. The van der Waals surface area contributed by atoms with E-state index in [4.69, 9.17) is 4.74 Å². The maximum atomic E-state index is 12.3. The van der Waals surface area contributed by atoms with Crippen molar-refractivity contribution >= 4 is 44.2 Å². The number of anilines is 1. The number of aromatic nitrogens is 2. The number of rotatable bonds is 9. The fourth-order valence-electron chi connectivity index (χ4n) is 2.19. The number of hydrogen-bond donors (Lipinski definition) is 1. The summed E-state index contributed by atoms with van der Waals surface area (Å²) in [7, 11) is 0.895. The van der Waals surface area contributed by atoms with Crippen LogP contribution < -0.4 is 10.1 Å². The highest BCUT2D eigenvalue weighted by Gasteiger charge is 2.19. The van der Waals surface area contributed by atoms with E-state index in [1.54, 1.807) is 23.9 Å². The number of amides is 1. The van der Waals surface area contributed by atoms with Crippen LogP contribution in [0, 0.1) is 0 Å². The summed E-state index contributed by atoms with van der Waals surface area (Å²) in [5.41, 5.74) is 0.648. The molecule has 0 spiro atoms. The zero-order valence-corrected chi connectivity index (χ0v) is 18.0. The minimum atomic E-state index is -3.56. The number of nitrogens with one attached hydrogen (secondary N) is 1. The summed E-state index contributed by atoms with van der Waals surface area (Å²) in [4.78, 5) is 12.4. The summed E-state index contributed by atoms with van der Waals surface area (Å²) in [6.07, 6.45) is 0.499. The van der Waals surface area contributed by atoms with Gasteiger partial charge in [0.05, 0.1) is 12.0 Å². The molecule has 0 fully saturated rings. The lowest BCUT2D eigenvalue weighted by Crippen LogP contribution is -2.22. The van der Waals surface area contributed by atoms with Gasteiger partial charge in [-0.15, -0.1) is 10.2 Å². The average Bonchev–Trinajstić information content (AvgIpc) is 3.06. The third-order valence-corrected chi connectivity index (χ3v) is 7.24. The average molecular weight is 431 g/mol.